The van der Waals surface area contributed by atoms with Crippen molar-refractivity contribution in [1.29, 1.82) is 0 Å². The van der Waals surface area contributed by atoms with Crippen LogP contribution in [0.3, 0.4) is 0 Å². The van der Waals surface area contributed by atoms with E-state index in [0.717, 1.165) is 11.3 Å². The van der Waals surface area contributed by atoms with Crippen LogP contribution in [0.5, 0.6) is 0 Å². The highest BCUT2D eigenvalue weighted by atomic mass is 32.1. The topological polar surface area (TPSA) is 58.6 Å². The highest BCUT2D eigenvalue weighted by Crippen LogP contribution is 2.17. The Morgan fingerprint density at radius 1 is 1.11 bits per heavy atom. The second kappa shape index (κ2) is 9.55. The van der Waals surface area contributed by atoms with Crippen LogP contribution in [0.15, 0.2) is 42.5 Å². The van der Waals surface area contributed by atoms with Crippen molar-refractivity contribution in [2.75, 3.05) is 13.1 Å². The molecule has 2 rings (SSSR count). The highest BCUT2D eigenvalue weighted by Gasteiger charge is 2.19. The number of thiophene rings is 1. The number of nitrogens with one attached hydrogen (secondary N) is 1. The van der Waals surface area contributed by atoms with Gasteiger partial charge in [-0.2, -0.15) is 0 Å². The number of benzene rings is 1. The van der Waals surface area contributed by atoms with Crippen LogP contribution >= 0.6 is 11.3 Å². The van der Waals surface area contributed by atoms with Crippen LogP contribution in [0.4, 0.5) is 4.79 Å². The van der Waals surface area contributed by atoms with E-state index in [9.17, 15) is 9.59 Å². The molecule has 1 aromatic heterocycles. The molecule has 0 saturated heterocycles. The van der Waals surface area contributed by atoms with E-state index < -0.39 is 11.7 Å². The number of carbonyl (C=O) groups is 2. The third-order valence-corrected chi connectivity index (χ3v) is 4.78. The molecule has 146 valence electrons. The monoisotopic (exact) mass is 388 g/mol. The van der Waals surface area contributed by atoms with E-state index in [4.69, 9.17) is 4.74 Å². The summed E-state index contributed by atoms with van der Waals surface area (Å²) in [5.74, 6) is -0.122. The van der Waals surface area contributed by atoms with E-state index >= 15 is 0 Å². The van der Waals surface area contributed by atoms with Crippen LogP contribution in [0.25, 0.3) is 0 Å². The Labute approximate surface area is 165 Å². The van der Waals surface area contributed by atoms with E-state index in [1.165, 1.54) is 10.4 Å². The first-order chi connectivity index (χ1) is 12.7. The average Bonchev–Trinajstić information content (AvgIpc) is 3.01. The molecule has 27 heavy (non-hydrogen) atoms. The van der Waals surface area contributed by atoms with Gasteiger partial charge in [0.2, 0.25) is 5.91 Å². The molecule has 0 fully saturated rings. The lowest BCUT2D eigenvalue weighted by Crippen LogP contribution is -2.42. The summed E-state index contributed by atoms with van der Waals surface area (Å²) < 4.78 is 5.20. The molecule has 0 radical (unpaired) electrons. The van der Waals surface area contributed by atoms with Crippen molar-refractivity contribution in [3.05, 3.63) is 57.8 Å². The lowest BCUT2D eigenvalue weighted by molar-refractivity contribution is -0.130. The van der Waals surface area contributed by atoms with E-state index in [2.05, 4.69) is 23.5 Å². The number of ether oxygens (including phenoxy) is 1. The van der Waals surface area contributed by atoms with Gasteiger partial charge in [0.25, 0.3) is 0 Å². The summed E-state index contributed by atoms with van der Waals surface area (Å²) in [5.41, 5.74) is 0.590. The van der Waals surface area contributed by atoms with Crippen molar-refractivity contribution in [2.45, 2.75) is 46.3 Å². The summed E-state index contributed by atoms with van der Waals surface area (Å²) in [7, 11) is 0. The Bertz CT molecular complexity index is 750. The second-order valence-electron chi connectivity index (χ2n) is 7.42. The van der Waals surface area contributed by atoms with Crippen molar-refractivity contribution in [3.8, 4) is 0 Å². The molecule has 1 N–H and O–H groups in total. The average molecular weight is 389 g/mol. The zero-order chi connectivity index (χ0) is 19.9. The minimum absolute atomic E-state index is 0.0753. The largest absolute Gasteiger partial charge is 0.444 e. The molecule has 2 amide bonds. The Hall–Kier alpha value is -2.34. The molecule has 0 saturated carbocycles. The molecule has 0 spiro atoms. The molecule has 0 aliphatic carbocycles. The van der Waals surface area contributed by atoms with Gasteiger partial charge in [0.05, 0.1) is 6.54 Å². The predicted octanol–water partition coefficient (Wildman–Crippen LogP) is 4.15. The third kappa shape index (κ3) is 7.83. The fourth-order valence-corrected chi connectivity index (χ4v) is 3.44. The van der Waals surface area contributed by atoms with Crippen LogP contribution < -0.4 is 5.32 Å². The Morgan fingerprint density at radius 2 is 1.81 bits per heavy atom. The van der Waals surface area contributed by atoms with Crippen molar-refractivity contribution in [1.82, 2.24) is 10.2 Å². The van der Waals surface area contributed by atoms with Crippen LogP contribution in [0, 0.1) is 6.92 Å². The van der Waals surface area contributed by atoms with E-state index in [1.807, 2.05) is 31.2 Å². The standard InChI is InChI=1S/C21H28N2O3S/c1-16-10-11-18(27-16)15-23(13-12-17-8-6-5-7-9-17)19(24)14-22-20(25)26-21(2,3)4/h5-11H,12-15H2,1-4H3,(H,22,25). The first kappa shape index (κ1) is 21.0. The number of aryl methyl sites for hydroxylation is 1. The van der Waals surface area contributed by atoms with Crippen molar-refractivity contribution in [3.63, 3.8) is 0 Å². The van der Waals surface area contributed by atoms with Gasteiger partial charge < -0.3 is 15.0 Å². The number of amides is 2. The number of hydrogen-bond donors (Lipinski definition) is 1. The minimum Gasteiger partial charge on any atom is -0.444 e. The lowest BCUT2D eigenvalue weighted by atomic mass is 10.1. The highest BCUT2D eigenvalue weighted by molar-refractivity contribution is 7.11. The molecular formula is C21H28N2O3S. The molecule has 0 aliphatic rings. The quantitative estimate of drug-likeness (QED) is 0.775. The SMILES string of the molecule is Cc1ccc(CN(CCc2ccccc2)C(=O)CNC(=O)OC(C)(C)C)s1. The molecule has 0 bridgehead atoms. The van der Waals surface area contributed by atoms with Gasteiger partial charge in [0, 0.05) is 16.3 Å². The van der Waals surface area contributed by atoms with Crippen molar-refractivity contribution < 1.29 is 14.3 Å². The Balaban J connectivity index is 1.97. The maximum Gasteiger partial charge on any atom is 0.408 e. The van der Waals surface area contributed by atoms with Gasteiger partial charge in [0.1, 0.15) is 12.1 Å². The molecule has 6 heteroatoms. The van der Waals surface area contributed by atoms with Crippen molar-refractivity contribution in [2.24, 2.45) is 0 Å². The van der Waals surface area contributed by atoms with Crippen LogP contribution in [0.1, 0.15) is 36.1 Å². The summed E-state index contributed by atoms with van der Waals surface area (Å²) in [5, 5.41) is 2.56. The van der Waals surface area contributed by atoms with Crippen LogP contribution in [-0.4, -0.2) is 35.6 Å². The summed E-state index contributed by atoms with van der Waals surface area (Å²) in [6.07, 6.45) is 0.189. The number of carbonyl (C=O) groups excluding carboxylic acids is 2. The third-order valence-electron chi connectivity index (χ3n) is 3.79. The Morgan fingerprint density at radius 3 is 2.41 bits per heavy atom. The lowest BCUT2D eigenvalue weighted by Gasteiger charge is -2.24. The smallest absolute Gasteiger partial charge is 0.408 e. The summed E-state index contributed by atoms with van der Waals surface area (Å²) in [4.78, 5) is 28.7. The molecule has 1 heterocycles. The fourth-order valence-electron chi connectivity index (χ4n) is 2.53. The van der Waals surface area contributed by atoms with Gasteiger partial charge in [0.15, 0.2) is 0 Å². The molecule has 2 aromatic rings. The number of rotatable bonds is 7. The molecule has 0 aliphatic heterocycles. The minimum atomic E-state index is -0.589. The van der Waals surface area contributed by atoms with Crippen LogP contribution in [-0.2, 0) is 22.5 Å². The fraction of sp³-hybridized carbons (Fsp3) is 0.429. The summed E-state index contributed by atoms with van der Waals surface area (Å²) in [6, 6.07) is 14.2. The Kier molecular flexibility index (Phi) is 7.42. The molecular weight excluding hydrogens is 360 g/mol. The van der Waals surface area contributed by atoms with Gasteiger partial charge in [-0.1, -0.05) is 30.3 Å². The van der Waals surface area contributed by atoms with Gasteiger partial charge >= 0.3 is 6.09 Å². The number of nitrogens with zero attached hydrogens (tertiary/aromatic N) is 1. The zero-order valence-corrected chi connectivity index (χ0v) is 17.3. The maximum absolute atomic E-state index is 12.7. The van der Waals surface area contributed by atoms with Crippen molar-refractivity contribution >= 4 is 23.3 Å². The first-order valence-electron chi connectivity index (χ1n) is 9.07. The van der Waals surface area contributed by atoms with E-state index in [1.54, 1.807) is 37.0 Å². The molecule has 0 unspecified atom stereocenters. The van der Waals surface area contributed by atoms with Gasteiger partial charge in [-0.15, -0.1) is 11.3 Å². The van der Waals surface area contributed by atoms with E-state index in [-0.39, 0.29) is 12.5 Å². The second-order valence-corrected chi connectivity index (χ2v) is 8.79. The zero-order valence-electron chi connectivity index (χ0n) is 16.5. The van der Waals surface area contributed by atoms with Gasteiger partial charge in [-0.25, -0.2) is 4.79 Å². The molecule has 1 aromatic carbocycles. The molecule has 5 nitrogen and oxygen atoms in total. The van der Waals surface area contributed by atoms with Gasteiger partial charge in [-0.3, -0.25) is 4.79 Å². The predicted molar refractivity (Wildman–Crippen MR) is 109 cm³/mol. The van der Waals surface area contributed by atoms with E-state index in [0.29, 0.717) is 13.1 Å². The van der Waals surface area contributed by atoms with Gasteiger partial charge in [-0.05, 0) is 51.8 Å². The molecule has 0 atom stereocenters. The normalized spacial score (nSPS) is 11.1. The maximum atomic E-state index is 12.7. The summed E-state index contributed by atoms with van der Waals surface area (Å²) >= 11 is 1.68. The number of alkyl carbamates (subject to hydrolysis) is 1. The summed E-state index contributed by atoms with van der Waals surface area (Å²) in [6.45, 7) is 8.48. The first-order valence-corrected chi connectivity index (χ1v) is 9.88. The van der Waals surface area contributed by atoms with Crippen LogP contribution in [0.2, 0.25) is 0 Å². The number of hydrogen-bond acceptors (Lipinski definition) is 4.